The van der Waals surface area contributed by atoms with Crippen LogP contribution in [0.3, 0.4) is 0 Å². The number of nitrogen functional groups attached to an aromatic ring is 1. The van der Waals surface area contributed by atoms with Crippen LogP contribution in [-0.2, 0) is 11.3 Å². The van der Waals surface area contributed by atoms with Gasteiger partial charge in [-0.15, -0.1) is 12.4 Å². The Balaban J connectivity index is 0.00000341. The highest BCUT2D eigenvalue weighted by atomic mass is 35.5. The van der Waals surface area contributed by atoms with Crippen molar-refractivity contribution in [2.75, 3.05) is 11.9 Å². The molecule has 7 nitrogen and oxygen atoms in total. The van der Waals surface area contributed by atoms with Crippen molar-refractivity contribution in [2.24, 2.45) is 5.73 Å². The summed E-state index contributed by atoms with van der Waals surface area (Å²) in [5.41, 5.74) is 8.35. The number of halogens is 1. The highest BCUT2D eigenvalue weighted by Gasteiger charge is 2.22. The summed E-state index contributed by atoms with van der Waals surface area (Å²) < 4.78 is 5.70. The molecule has 0 bridgehead atoms. The van der Waals surface area contributed by atoms with Gasteiger partial charge in [-0.1, -0.05) is 18.9 Å². The van der Waals surface area contributed by atoms with Gasteiger partial charge in [-0.2, -0.15) is 0 Å². The fourth-order valence-corrected chi connectivity index (χ4v) is 3.80. The maximum absolute atomic E-state index is 12.1. The number of ether oxygens (including phenoxy) is 1. The summed E-state index contributed by atoms with van der Waals surface area (Å²) in [4.78, 5) is 12.1. The first-order valence-electron chi connectivity index (χ1n) is 10.4. The van der Waals surface area contributed by atoms with Crippen LogP contribution in [-0.4, -0.2) is 29.6 Å². The first-order chi connectivity index (χ1) is 14.5. The third kappa shape index (κ3) is 6.87. The lowest BCUT2D eigenvalue weighted by Gasteiger charge is -2.19. The van der Waals surface area contributed by atoms with Crippen molar-refractivity contribution in [3.05, 3.63) is 59.2 Å². The molecule has 6 N–H and O–H groups in total. The van der Waals surface area contributed by atoms with Gasteiger partial charge in [0, 0.05) is 23.8 Å². The molecule has 168 valence electrons. The zero-order chi connectivity index (χ0) is 21.5. The first kappa shape index (κ1) is 24.5. The van der Waals surface area contributed by atoms with E-state index in [9.17, 15) is 9.90 Å². The van der Waals surface area contributed by atoms with Gasteiger partial charge in [0.2, 0.25) is 0 Å². The second-order valence-corrected chi connectivity index (χ2v) is 7.61. The predicted molar refractivity (Wildman–Crippen MR) is 125 cm³/mol. The molecule has 1 atom stereocenters. The van der Waals surface area contributed by atoms with Crippen LogP contribution in [0.25, 0.3) is 0 Å². The maximum atomic E-state index is 12.1. The van der Waals surface area contributed by atoms with Crippen LogP contribution in [0.1, 0.15) is 55.3 Å². The number of nitrogens with two attached hydrogens (primary N) is 1. The Hall–Kier alpha value is -2.77. The van der Waals surface area contributed by atoms with E-state index in [-0.39, 0.29) is 18.2 Å². The molecule has 1 aliphatic rings. The molecule has 0 radical (unpaired) electrons. The molecule has 2 aromatic rings. The van der Waals surface area contributed by atoms with Crippen LogP contribution in [0.5, 0.6) is 5.75 Å². The molecule has 8 heteroatoms. The molecule has 0 spiro atoms. The topological polar surface area (TPSA) is 120 Å². The van der Waals surface area contributed by atoms with Gasteiger partial charge in [0.05, 0.1) is 6.61 Å². The van der Waals surface area contributed by atoms with Crippen LogP contribution in [0.4, 0.5) is 5.69 Å². The van der Waals surface area contributed by atoms with E-state index >= 15 is 0 Å². The number of benzene rings is 2. The summed E-state index contributed by atoms with van der Waals surface area (Å²) in [5.74, 6) is -0.340. The van der Waals surface area contributed by atoms with Crippen molar-refractivity contribution < 1.29 is 14.6 Å². The molecule has 0 aromatic heterocycles. The number of carboxylic acids is 1. The number of nitrogens with one attached hydrogen (secondary N) is 3. The molecule has 1 unspecified atom stereocenters. The lowest BCUT2D eigenvalue weighted by molar-refractivity contribution is -0.138. The van der Waals surface area contributed by atoms with Gasteiger partial charge in [0.25, 0.3) is 0 Å². The zero-order valence-corrected chi connectivity index (χ0v) is 18.5. The highest BCUT2D eigenvalue weighted by Crippen LogP contribution is 2.27. The standard InChI is InChI=1S/C23H30N4O3.ClH/c1-2-30-20-12-15(14-26-18-5-3-4-6-18)11-17(13-20)21(23(28)29)27-19-9-7-16(8-10-19)22(24)25;/h7-13,18,21,26-27H,2-6,14H2,1H3,(H3,24,25)(H,28,29);1H. The quantitative estimate of drug-likeness (QED) is 0.277. The SMILES string of the molecule is CCOc1cc(CNC2CCCC2)cc(C(Nc2ccc(C(=N)N)cc2)C(=O)O)c1.Cl. The molecule has 3 rings (SSSR count). The fraction of sp³-hybridized carbons (Fsp3) is 0.391. The molecule has 1 aliphatic carbocycles. The number of carboxylic acid groups (broad SMARTS) is 1. The number of aliphatic carboxylic acids is 1. The Kier molecular flexibility index (Phi) is 9.15. The van der Waals surface area contributed by atoms with E-state index in [0.717, 1.165) is 5.56 Å². The van der Waals surface area contributed by atoms with Crippen molar-refractivity contribution >= 4 is 29.9 Å². The van der Waals surface area contributed by atoms with Crippen LogP contribution in [0, 0.1) is 5.41 Å². The largest absolute Gasteiger partial charge is 0.494 e. The molecule has 2 aromatic carbocycles. The third-order valence-corrected chi connectivity index (χ3v) is 5.34. The number of hydrogen-bond donors (Lipinski definition) is 5. The van der Waals surface area contributed by atoms with Gasteiger partial charge >= 0.3 is 5.97 Å². The van der Waals surface area contributed by atoms with E-state index in [0.29, 0.717) is 41.8 Å². The average molecular weight is 447 g/mol. The van der Waals surface area contributed by atoms with Gasteiger partial charge in [-0.3, -0.25) is 5.41 Å². The van der Waals surface area contributed by atoms with Crippen LogP contribution >= 0.6 is 12.4 Å². The van der Waals surface area contributed by atoms with E-state index in [1.54, 1.807) is 30.3 Å². The van der Waals surface area contributed by atoms with Crippen molar-refractivity contribution in [3.8, 4) is 5.75 Å². The molecular weight excluding hydrogens is 416 g/mol. The summed E-state index contributed by atoms with van der Waals surface area (Å²) >= 11 is 0. The van der Waals surface area contributed by atoms with E-state index in [1.807, 2.05) is 19.1 Å². The normalized spacial score (nSPS) is 14.5. The summed E-state index contributed by atoms with van der Waals surface area (Å²) in [6.07, 6.45) is 4.89. The Morgan fingerprint density at radius 3 is 2.48 bits per heavy atom. The van der Waals surface area contributed by atoms with Crippen molar-refractivity contribution in [2.45, 2.75) is 51.2 Å². The molecule has 0 saturated heterocycles. The number of amidine groups is 1. The molecule has 1 fully saturated rings. The van der Waals surface area contributed by atoms with Crippen LogP contribution in [0.2, 0.25) is 0 Å². The first-order valence-corrected chi connectivity index (χ1v) is 10.4. The van der Waals surface area contributed by atoms with Crippen molar-refractivity contribution in [3.63, 3.8) is 0 Å². The lowest BCUT2D eigenvalue weighted by Crippen LogP contribution is -2.26. The average Bonchev–Trinajstić information content (AvgIpc) is 3.24. The predicted octanol–water partition coefficient (Wildman–Crippen LogP) is 4.06. The Morgan fingerprint density at radius 1 is 1.23 bits per heavy atom. The molecule has 0 amide bonds. The number of anilines is 1. The van der Waals surface area contributed by atoms with E-state index in [4.69, 9.17) is 15.9 Å². The van der Waals surface area contributed by atoms with E-state index in [1.165, 1.54) is 25.7 Å². The minimum absolute atomic E-state index is 0. The molecule has 1 saturated carbocycles. The zero-order valence-electron chi connectivity index (χ0n) is 17.7. The second-order valence-electron chi connectivity index (χ2n) is 7.61. The van der Waals surface area contributed by atoms with Gasteiger partial charge < -0.3 is 26.2 Å². The molecular formula is C23H31ClN4O3. The number of hydrogen-bond acceptors (Lipinski definition) is 5. The molecule has 0 heterocycles. The van der Waals surface area contributed by atoms with Crippen molar-refractivity contribution in [1.82, 2.24) is 5.32 Å². The van der Waals surface area contributed by atoms with Gasteiger partial charge in [-0.25, -0.2) is 4.79 Å². The highest BCUT2D eigenvalue weighted by molar-refractivity contribution is 5.95. The van der Waals surface area contributed by atoms with E-state index in [2.05, 4.69) is 10.6 Å². The molecule has 0 aliphatic heterocycles. The van der Waals surface area contributed by atoms with Crippen LogP contribution in [0.15, 0.2) is 42.5 Å². The van der Waals surface area contributed by atoms with Gasteiger partial charge in [-0.05, 0) is 67.3 Å². The molecule has 31 heavy (non-hydrogen) atoms. The second kappa shape index (κ2) is 11.6. The Morgan fingerprint density at radius 2 is 1.90 bits per heavy atom. The minimum Gasteiger partial charge on any atom is -0.494 e. The fourth-order valence-electron chi connectivity index (χ4n) is 3.80. The van der Waals surface area contributed by atoms with Gasteiger partial charge in [0.1, 0.15) is 11.6 Å². The lowest BCUT2D eigenvalue weighted by atomic mass is 10.0. The Labute approximate surface area is 189 Å². The van der Waals surface area contributed by atoms with E-state index < -0.39 is 12.0 Å². The third-order valence-electron chi connectivity index (χ3n) is 5.34. The summed E-state index contributed by atoms with van der Waals surface area (Å²) in [7, 11) is 0. The summed E-state index contributed by atoms with van der Waals surface area (Å²) in [6.45, 7) is 3.10. The monoisotopic (exact) mass is 446 g/mol. The summed E-state index contributed by atoms with van der Waals surface area (Å²) in [6, 6.07) is 12.1. The summed E-state index contributed by atoms with van der Waals surface area (Å²) in [5, 5.41) is 24.0. The smallest absolute Gasteiger partial charge is 0.330 e. The van der Waals surface area contributed by atoms with Crippen LogP contribution < -0.4 is 21.1 Å². The minimum atomic E-state index is -0.978. The maximum Gasteiger partial charge on any atom is 0.330 e. The number of rotatable bonds is 10. The van der Waals surface area contributed by atoms with Gasteiger partial charge in [0.15, 0.2) is 6.04 Å². The Bertz CT molecular complexity index is 883. The van der Waals surface area contributed by atoms with Crippen molar-refractivity contribution in [1.29, 1.82) is 5.41 Å². The number of carbonyl (C=O) groups is 1.